The van der Waals surface area contributed by atoms with Crippen molar-refractivity contribution in [2.45, 2.75) is 12.5 Å². The summed E-state index contributed by atoms with van der Waals surface area (Å²) in [5.41, 5.74) is 1.50. The highest BCUT2D eigenvalue weighted by Gasteiger charge is 2.17. The average molecular weight is 333 g/mol. The van der Waals surface area contributed by atoms with Crippen LogP contribution in [0.15, 0.2) is 54.7 Å². The molecule has 2 aromatic heterocycles. The monoisotopic (exact) mass is 333 g/mol. The van der Waals surface area contributed by atoms with Gasteiger partial charge in [0.1, 0.15) is 11.6 Å². The zero-order chi connectivity index (χ0) is 17.1. The second-order valence-electron chi connectivity index (χ2n) is 6.11. The van der Waals surface area contributed by atoms with Gasteiger partial charge in [0.15, 0.2) is 0 Å². The fourth-order valence-corrected chi connectivity index (χ4v) is 2.95. The zero-order valence-electron chi connectivity index (χ0n) is 13.7. The molecule has 1 atom stereocenters. The van der Waals surface area contributed by atoms with Crippen molar-refractivity contribution >= 4 is 28.4 Å². The van der Waals surface area contributed by atoms with Crippen LogP contribution in [-0.2, 0) is 0 Å². The van der Waals surface area contributed by atoms with Gasteiger partial charge < -0.3 is 16.0 Å². The molecule has 0 aliphatic carbocycles. The lowest BCUT2D eigenvalue weighted by Crippen LogP contribution is -2.36. The fourth-order valence-electron chi connectivity index (χ4n) is 2.95. The number of anilines is 2. The lowest BCUT2D eigenvalue weighted by Gasteiger charge is -2.12. The minimum atomic E-state index is -0.0781. The number of carbonyl (C=O) groups is 1. The van der Waals surface area contributed by atoms with Gasteiger partial charge in [-0.1, -0.05) is 18.2 Å². The maximum absolute atomic E-state index is 12.4. The third-order valence-electron chi connectivity index (χ3n) is 4.27. The fraction of sp³-hybridized carbons (Fsp3) is 0.211. The van der Waals surface area contributed by atoms with E-state index in [1.54, 1.807) is 18.3 Å². The molecule has 4 rings (SSSR count). The molecule has 1 aliphatic rings. The van der Waals surface area contributed by atoms with Gasteiger partial charge in [0.2, 0.25) is 0 Å². The van der Waals surface area contributed by atoms with E-state index in [0.29, 0.717) is 17.2 Å². The maximum Gasteiger partial charge on any atom is 0.251 e. The summed E-state index contributed by atoms with van der Waals surface area (Å²) in [4.78, 5) is 21.2. The number of para-hydroxylation sites is 1. The Morgan fingerprint density at radius 2 is 2.04 bits per heavy atom. The van der Waals surface area contributed by atoms with Crippen molar-refractivity contribution in [1.82, 2.24) is 20.6 Å². The third-order valence-corrected chi connectivity index (χ3v) is 4.27. The van der Waals surface area contributed by atoms with Crippen molar-refractivity contribution in [2.75, 3.05) is 18.4 Å². The first-order valence-corrected chi connectivity index (χ1v) is 8.38. The van der Waals surface area contributed by atoms with Gasteiger partial charge >= 0.3 is 0 Å². The number of nitrogens with zero attached hydrogens (tertiary/aromatic N) is 2. The summed E-state index contributed by atoms with van der Waals surface area (Å²) in [5, 5.41) is 10.5. The van der Waals surface area contributed by atoms with E-state index in [0.717, 1.165) is 30.4 Å². The van der Waals surface area contributed by atoms with Gasteiger partial charge in [-0.3, -0.25) is 4.79 Å². The van der Waals surface area contributed by atoms with Gasteiger partial charge in [0.05, 0.1) is 5.52 Å². The van der Waals surface area contributed by atoms with Crippen LogP contribution in [0.1, 0.15) is 16.8 Å². The maximum atomic E-state index is 12.4. The smallest absolute Gasteiger partial charge is 0.251 e. The molecule has 1 aromatic carbocycles. The molecule has 3 heterocycles. The molecule has 0 radical (unpaired) electrons. The van der Waals surface area contributed by atoms with E-state index >= 15 is 0 Å². The molecule has 0 spiro atoms. The van der Waals surface area contributed by atoms with Crippen LogP contribution in [0.3, 0.4) is 0 Å². The second kappa shape index (κ2) is 6.86. The van der Waals surface area contributed by atoms with Crippen molar-refractivity contribution in [3.8, 4) is 0 Å². The Hall–Kier alpha value is -2.99. The van der Waals surface area contributed by atoms with E-state index in [9.17, 15) is 4.79 Å². The predicted molar refractivity (Wildman–Crippen MR) is 98.0 cm³/mol. The third kappa shape index (κ3) is 3.59. The average Bonchev–Trinajstić information content (AvgIpc) is 3.15. The Morgan fingerprint density at radius 1 is 1.12 bits per heavy atom. The highest BCUT2D eigenvalue weighted by atomic mass is 16.1. The van der Waals surface area contributed by atoms with E-state index in [-0.39, 0.29) is 11.9 Å². The number of aromatic nitrogens is 2. The minimum Gasteiger partial charge on any atom is -0.348 e. The minimum absolute atomic E-state index is 0.0781. The van der Waals surface area contributed by atoms with Gasteiger partial charge in [-0.2, -0.15) is 0 Å². The molecule has 0 bridgehead atoms. The molecular weight excluding hydrogens is 314 g/mol. The Morgan fingerprint density at radius 3 is 2.92 bits per heavy atom. The number of hydrogen-bond donors (Lipinski definition) is 3. The largest absolute Gasteiger partial charge is 0.348 e. The van der Waals surface area contributed by atoms with Gasteiger partial charge in [0.25, 0.3) is 5.91 Å². The molecule has 126 valence electrons. The Bertz CT molecular complexity index is 905. The quantitative estimate of drug-likeness (QED) is 0.683. The van der Waals surface area contributed by atoms with Crippen molar-refractivity contribution < 1.29 is 4.79 Å². The first-order chi connectivity index (χ1) is 12.3. The van der Waals surface area contributed by atoms with Crippen LogP contribution in [0, 0.1) is 0 Å². The molecule has 1 unspecified atom stereocenters. The van der Waals surface area contributed by atoms with E-state index in [2.05, 4.69) is 25.9 Å². The number of rotatable bonds is 4. The number of hydrogen-bond acceptors (Lipinski definition) is 5. The molecule has 3 aromatic rings. The van der Waals surface area contributed by atoms with Crippen molar-refractivity contribution in [1.29, 1.82) is 0 Å². The van der Waals surface area contributed by atoms with Crippen LogP contribution in [0.25, 0.3) is 10.9 Å². The second-order valence-corrected chi connectivity index (χ2v) is 6.11. The summed E-state index contributed by atoms with van der Waals surface area (Å²) in [6.07, 6.45) is 2.59. The lowest BCUT2D eigenvalue weighted by atomic mass is 10.2. The first-order valence-electron chi connectivity index (χ1n) is 8.38. The topological polar surface area (TPSA) is 78.9 Å². The molecule has 1 amide bonds. The van der Waals surface area contributed by atoms with Crippen LogP contribution in [0.2, 0.25) is 0 Å². The van der Waals surface area contributed by atoms with Crippen LogP contribution < -0.4 is 16.0 Å². The van der Waals surface area contributed by atoms with E-state index in [1.807, 2.05) is 36.4 Å². The molecule has 6 nitrogen and oxygen atoms in total. The van der Waals surface area contributed by atoms with Crippen molar-refractivity contribution in [3.63, 3.8) is 0 Å². The summed E-state index contributed by atoms with van der Waals surface area (Å²) in [6, 6.07) is 15.5. The summed E-state index contributed by atoms with van der Waals surface area (Å²) in [5.74, 6) is 1.22. The van der Waals surface area contributed by atoms with E-state index in [1.165, 1.54) is 0 Å². The van der Waals surface area contributed by atoms with Crippen LogP contribution in [0.5, 0.6) is 0 Å². The zero-order valence-corrected chi connectivity index (χ0v) is 13.7. The van der Waals surface area contributed by atoms with Crippen molar-refractivity contribution in [3.05, 3.63) is 60.3 Å². The highest BCUT2D eigenvalue weighted by Crippen LogP contribution is 2.18. The van der Waals surface area contributed by atoms with Crippen LogP contribution in [-0.4, -0.2) is 35.0 Å². The van der Waals surface area contributed by atoms with Gasteiger partial charge in [-0.05, 0) is 43.3 Å². The van der Waals surface area contributed by atoms with Crippen LogP contribution in [0.4, 0.5) is 11.6 Å². The predicted octanol–water partition coefficient (Wildman–Crippen LogP) is 2.47. The molecule has 1 fully saturated rings. The van der Waals surface area contributed by atoms with Crippen molar-refractivity contribution in [2.24, 2.45) is 0 Å². The molecule has 1 aliphatic heterocycles. The van der Waals surface area contributed by atoms with Gasteiger partial charge in [-0.15, -0.1) is 0 Å². The van der Waals surface area contributed by atoms with Gasteiger partial charge in [0, 0.05) is 29.7 Å². The summed E-state index contributed by atoms with van der Waals surface area (Å²) in [6.45, 7) is 1.77. The number of benzene rings is 1. The molecule has 6 heteroatoms. The highest BCUT2D eigenvalue weighted by molar-refractivity contribution is 5.95. The number of carbonyl (C=O) groups excluding carboxylic acids is 1. The molecular formula is C19H19N5O. The van der Waals surface area contributed by atoms with Gasteiger partial charge in [-0.25, -0.2) is 9.97 Å². The summed E-state index contributed by atoms with van der Waals surface area (Å²) >= 11 is 0. The number of fused-ring (bicyclic) bond motifs is 1. The lowest BCUT2D eigenvalue weighted by molar-refractivity contribution is 0.0940. The number of nitrogens with one attached hydrogen (secondary N) is 3. The SMILES string of the molecule is O=C(NC1CCNC1)c1ccnc(Nc2ccc3ccccc3n2)c1. The molecule has 3 N–H and O–H groups in total. The Balaban J connectivity index is 1.51. The first kappa shape index (κ1) is 15.5. The number of pyridine rings is 2. The van der Waals surface area contributed by atoms with E-state index in [4.69, 9.17) is 0 Å². The molecule has 25 heavy (non-hydrogen) atoms. The molecule has 1 saturated heterocycles. The normalized spacial score (nSPS) is 16.7. The Labute approximate surface area is 145 Å². The summed E-state index contributed by atoms with van der Waals surface area (Å²) < 4.78 is 0. The van der Waals surface area contributed by atoms with Crippen LogP contribution >= 0.6 is 0 Å². The summed E-state index contributed by atoms with van der Waals surface area (Å²) in [7, 11) is 0. The van der Waals surface area contributed by atoms with E-state index < -0.39 is 0 Å². The number of amides is 1. The standard InChI is InChI=1S/C19H19N5O/c25-19(22-15-8-9-20-12-15)14-7-10-21-18(11-14)24-17-6-5-13-3-1-2-4-16(13)23-17/h1-7,10-11,15,20H,8-9,12H2,(H,22,25)(H,21,23,24). The Kier molecular flexibility index (Phi) is 4.26. The molecule has 0 saturated carbocycles.